The van der Waals surface area contributed by atoms with Gasteiger partial charge in [-0.1, -0.05) is 12.1 Å². The Morgan fingerprint density at radius 1 is 1.06 bits per heavy atom. The quantitative estimate of drug-likeness (QED) is 0.660. The Balaban J connectivity index is 1.37. The molecule has 3 fully saturated rings. The van der Waals surface area contributed by atoms with Crippen LogP contribution in [0.25, 0.3) is 0 Å². The van der Waals surface area contributed by atoms with E-state index < -0.39 is 42.0 Å². The molecule has 2 heterocycles. The van der Waals surface area contributed by atoms with E-state index in [1.807, 2.05) is 0 Å². The van der Waals surface area contributed by atoms with E-state index in [1.54, 1.807) is 4.90 Å². The van der Waals surface area contributed by atoms with Crippen LogP contribution < -0.4 is 10.1 Å². The number of hydrogen-bond donors (Lipinski definition) is 1. The Morgan fingerprint density at radius 2 is 1.64 bits per heavy atom. The summed E-state index contributed by atoms with van der Waals surface area (Å²) in [5.41, 5.74) is -1.29. The van der Waals surface area contributed by atoms with Crippen molar-refractivity contribution in [1.82, 2.24) is 20.0 Å². The van der Waals surface area contributed by atoms with Crippen LogP contribution in [0.1, 0.15) is 25.3 Å². The largest absolute Gasteiger partial charge is 0.573 e. The highest BCUT2D eigenvalue weighted by Gasteiger charge is 2.50. The third-order valence-electron chi connectivity index (χ3n) is 6.10. The first-order valence-corrected chi connectivity index (χ1v) is 10.5. The topological polar surface area (TPSA) is 99.3 Å². The van der Waals surface area contributed by atoms with Crippen LogP contribution in [0.15, 0.2) is 24.3 Å². The number of carbonyl (C=O) groups is 4. The monoisotopic (exact) mass is 468 g/mol. The smallest absolute Gasteiger partial charge is 0.406 e. The number of imide groups is 1. The van der Waals surface area contributed by atoms with E-state index in [9.17, 15) is 32.3 Å². The number of ether oxygens (including phenoxy) is 1. The summed E-state index contributed by atoms with van der Waals surface area (Å²) in [6.45, 7) is 2.40. The first-order chi connectivity index (χ1) is 15.5. The summed E-state index contributed by atoms with van der Waals surface area (Å²) in [6, 6.07) is 3.82. The lowest BCUT2D eigenvalue weighted by Gasteiger charge is -2.35. The minimum atomic E-state index is -4.85. The highest BCUT2D eigenvalue weighted by molar-refractivity contribution is 6.09. The van der Waals surface area contributed by atoms with E-state index >= 15 is 0 Å². The van der Waals surface area contributed by atoms with Gasteiger partial charge in [0.15, 0.2) is 0 Å². The third kappa shape index (κ3) is 4.74. The van der Waals surface area contributed by atoms with E-state index in [0.717, 1.165) is 29.9 Å². The van der Waals surface area contributed by atoms with Crippen molar-refractivity contribution in [2.45, 2.75) is 31.7 Å². The van der Waals surface area contributed by atoms with Gasteiger partial charge < -0.3 is 19.9 Å². The fraction of sp³-hybridized carbons (Fsp3) is 0.524. The number of benzene rings is 1. The van der Waals surface area contributed by atoms with Crippen molar-refractivity contribution >= 4 is 23.8 Å². The first kappa shape index (κ1) is 22.9. The normalized spacial score (nSPS) is 23.6. The number of nitrogens with zero attached hydrogens (tertiary/aromatic N) is 3. The van der Waals surface area contributed by atoms with Crippen LogP contribution in [0.5, 0.6) is 5.75 Å². The zero-order valence-electron chi connectivity index (χ0n) is 17.9. The second kappa shape index (κ2) is 8.23. The van der Waals surface area contributed by atoms with Crippen molar-refractivity contribution in [3.05, 3.63) is 29.8 Å². The number of alkyl halides is 3. The van der Waals surface area contributed by atoms with Gasteiger partial charge in [0.25, 0.3) is 5.91 Å². The van der Waals surface area contributed by atoms with Crippen molar-refractivity contribution in [3.63, 3.8) is 0 Å². The van der Waals surface area contributed by atoms with Gasteiger partial charge in [-0.3, -0.25) is 19.3 Å². The minimum absolute atomic E-state index is 0.102. The number of piperazine rings is 1. The number of hydrogen-bond acceptors (Lipinski definition) is 5. The van der Waals surface area contributed by atoms with Crippen molar-refractivity contribution < 1.29 is 37.1 Å². The van der Waals surface area contributed by atoms with Gasteiger partial charge in [0.1, 0.15) is 17.8 Å². The molecule has 0 radical (unpaired) electrons. The maximum absolute atomic E-state index is 13.0. The van der Waals surface area contributed by atoms with E-state index in [2.05, 4.69) is 10.1 Å². The van der Waals surface area contributed by atoms with Crippen LogP contribution in [0.4, 0.5) is 18.0 Å². The van der Waals surface area contributed by atoms with E-state index in [4.69, 9.17) is 0 Å². The SMILES string of the molecule is CC1(c2ccc(OC(F)(F)F)cc2)NC(=O)N(CC(=O)N2CCN(C(=O)C3CC3)CC2)C1=O. The minimum Gasteiger partial charge on any atom is -0.406 e. The zero-order chi connectivity index (χ0) is 24.0. The summed E-state index contributed by atoms with van der Waals surface area (Å²) in [4.78, 5) is 54.4. The molecule has 0 bridgehead atoms. The number of carbonyl (C=O) groups excluding carboxylic acids is 4. The summed E-state index contributed by atoms with van der Waals surface area (Å²) >= 11 is 0. The van der Waals surface area contributed by atoms with E-state index in [0.29, 0.717) is 26.2 Å². The molecule has 33 heavy (non-hydrogen) atoms. The Morgan fingerprint density at radius 3 is 2.18 bits per heavy atom. The molecule has 0 aromatic heterocycles. The molecule has 1 aromatic rings. The molecular weight excluding hydrogens is 445 g/mol. The predicted octanol–water partition coefficient (Wildman–Crippen LogP) is 1.43. The molecule has 1 saturated carbocycles. The average Bonchev–Trinajstić information content (AvgIpc) is 3.58. The Bertz CT molecular complexity index is 971. The molecule has 0 spiro atoms. The average molecular weight is 468 g/mol. The fourth-order valence-electron chi connectivity index (χ4n) is 4.03. The van der Waals surface area contributed by atoms with Crippen LogP contribution in [0, 0.1) is 5.92 Å². The second-order valence-electron chi connectivity index (χ2n) is 8.50. The molecule has 5 amide bonds. The molecule has 4 rings (SSSR count). The van der Waals surface area contributed by atoms with Gasteiger partial charge >= 0.3 is 12.4 Å². The lowest BCUT2D eigenvalue weighted by Crippen LogP contribution is -2.53. The lowest BCUT2D eigenvalue weighted by atomic mass is 9.92. The number of rotatable bonds is 5. The molecule has 1 unspecified atom stereocenters. The van der Waals surface area contributed by atoms with Crippen molar-refractivity contribution in [1.29, 1.82) is 0 Å². The third-order valence-corrected chi connectivity index (χ3v) is 6.10. The molecule has 1 aromatic carbocycles. The summed E-state index contributed by atoms with van der Waals surface area (Å²) < 4.78 is 40.9. The van der Waals surface area contributed by atoms with Crippen molar-refractivity contribution in [2.24, 2.45) is 5.92 Å². The van der Waals surface area contributed by atoms with E-state index in [-0.39, 0.29) is 17.4 Å². The summed E-state index contributed by atoms with van der Waals surface area (Å²) in [7, 11) is 0. The van der Waals surface area contributed by atoms with Crippen LogP contribution in [0.2, 0.25) is 0 Å². The molecule has 3 aliphatic rings. The van der Waals surface area contributed by atoms with Crippen LogP contribution in [-0.2, 0) is 19.9 Å². The van der Waals surface area contributed by atoms with Gasteiger partial charge in [-0.25, -0.2) is 4.79 Å². The van der Waals surface area contributed by atoms with Crippen LogP contribution in [0.3, 0.4) is 0 Å². The van der Waals surface area contributed by atoms with Crippen LogP contribution >= 0.6 is 0 Å². The zero-order valence-corrected chi connectivity index (χ0v) is 17.9. The molecule has 2 saturated heterocycles. The van der Waals surface area contributed by atoms with Crippen molar-refractivity contribution in [3.8, 4) is 5.75 Å². The maximum Gasteiger partial charge on any atom is 0.573 e. The molecule has 1 N–H and O–H groups in total. The molecular formula is C21H23F3N4O5. The molecule has 178 valence electrons. The Kier molecular flexibility index (Phi) is 5.71. The summed E-state index contributed by atoms with van der Waals surface area (Å²) in [5, 5.41) is 2.51. The van der Waals surface area contributed by atoms with E-state index in [1.165, 1.54) is 24.0 Å². The summed E-state index contributed by atoms with van der Waals surface area (Å²) in [5.74, 6) is -1.36. The molecule has 1 aliphatic carbocycles. The number of nitrogens with one attached hydrogen (secondary N) is 1. The van der Waals surface area contributed by atoms with Crippen LogP contribution in [-0.4, -0.2) is 77.5 Å². The first-order valence-electron chi connectivity index (χ1n) is 10.5. The Hall–Kier alpha value is -3.31. The van der Waals surface area contributed by atoms with Gasteiger partial charge in [0, 0.05) is 32.1 Å². The summed E-state index contributed by atoms with van der Waals surface area (Å²) in [6.07, 6.45) is -3.04. The number of urea groups is 1. The molecule has 2 aliphatic heterocycles. The Labute approximate surface area is 187 Å². The highest BCUT2D eigenvalue weighted by Crippen LogP contribution is 2.32. The number of halogens is 3. The second-order valence-corrected chi connectivity index (χ2v) is 8.50. The molecule has 12 heteroatoms. The van der Waals surface area contributed by atoms with Gasteiger partial charge in [-0.2, -0.15) is 0 Å². The van der Waals surface area contributed by atoms with Gasteiger partial charge in [-0.15, -0.1) is 13.2 Å². The van der Waals surface area contributed by atoms with Gasteiger partial charge in [-0.05, 0) is 37.5 Å². The van der Waals surface area contributed by atoms with Crippen molar-refractivity contribution in [2.75, 3.05) is 32.7 Å². The molecule has 9 nitrogen and oxygen atoms in total. The fourth-order valence-corrected chi connectivity index (χ4v) is 4.03. The predicted molar refractivity (Wildman–Crippen MR) is 107 cm³/mol. The highest BCUT2D eigenvalue weighted by atomic mass is 19.4. The standard InChI is InChI=1S/C21H23F3N4O5/c1-20(14-4-6-15(7-5-14)33-21(22,23)24)18(31)28(19(32)25-20)12-16(29)26-8-10-27(11-9-26)17(30)13-2-3-13/h4-7,13H,2-3,8-12H2,1H3,(H,25,32). The number of amides is 5. The lowest BCUT2D eigenvalue weighted by molar-refractivity contribution is -0.274. The maximum atomic E-state index is 13.0. The van der Waals surface area contributed by atoms with Gasteiger partial charge in [0.2, 0.25) is 11.8 Å². The molecule has 1 atom stereocenters. The van der Waals surface area contributed by atoms with Gasteiger partial charge in [0.05, 0.1) is 0 Å².